The molecule has 3 aromatic rings. The molecule has 0 aliphatic carbocycles. The summed E-state index contributed by atoms with van der Waals surface area (Å²) in [6.45, 7) is 7.84. The van der Waals surface area contributed by atoms with Crippen molar-refractivity contribution in [1.29, 1.82) is 0 Å². The normalized spacial score (nSPS) is 17.6. The summed E-state index contributed by atoms with van der Waals surface area (Å²) < 4.78 is 22.6. The van der Waals surface area contributed by atoms with Crippen molar-refractivity contribution in [2.75, 3.05) is 56.7 Å². The van der Waals surface area contributed by atoms with E-state index >= 15 is 0 Å². The van der Waals surface area contributed by atoms with E-state index in [9.17, 15) is 0 Å². The second-order valence-corrected chi connectivity index (χ2v) is 8.46. The van der Waals surface area contributed by atoms with E-state index in [0.717, 1.165) is 56.4 Å². The first kappa shape index (κ1) is 23.1. The highest BCUT2D eigenvalue weighted by molar-refractivity contribution is 5.61. The minimum atomic E-state index is -0.0127. The fraction of sp³-hybridized carbons (Fsp3) is 0.400. The summed E-state index contributed by atoms with van der Waals surface area (Å²) in [6, 6.07) is 11.4. The summed E-state index contributed by atoms with van der Waals surface area (Å²) in [5.74, 6) is 3.07. The van der Waals surface area contributed by atoms with Crippen molar-refractivity contribution >= 4 is 23.1 Å². The quantitative estimate of drug-likeness (QED) is 0.443. The van der Waals surface area contributed by atoms with Crippen LogP contribution in [0.25, 0.3) is 0 Å². The Morgan fingerprint density at radius 1 is 1.06 bits per heavy atom. The SMILES string of the molecule is C[C@H]1COc2ncc(Nc3ccnc(Nc4ccc(OCCCN5CCOCC5)cc4)n3)cc2O1. The fourth-order valence-electron chi connectivity index (χ4n) is 3.84. The number of anilines is 4. The summed E-state index contributed by atoms with van der Waals surface area (Å²) in [4.78, 5) is 15.6. The maximum atomic E-state index is 5.88. The van der Waals surface area contributed by atoms with Crippen molar-refractivity contribution < 1.29 is 18.9 Å². The Balaban J connectivity index is 1.12. The molecule has 2 aliphatic heterocycles. The molecule has 184 valence electrons. The summed E-state index contributed by atoms with van der Waals surface area (Å²) in [5.41, 5.74) is 1.62. The van der Waals surface area contributed by atoms with Gasteiger partial charge in [-0.2, -0.15) is 4.98 Å². The maximum absolute atomic E-state index is 5.88. The van der Waals surface area contributed by atoms with Gasteiger partial charge in [0.1, 0.15) is 24.3 Å². The number of fused-ring (bicyclic) bond motifs is 1. The van der Waals surface area contributed by atoms with Gasteiger partial charge in [-0.15, -0.1) is 0 Å². The van der Waals surface area contributed by atoms with Crippen LogP contribution >= 0.6 is 0 Å². The molecule has 1 saturated heterocycles. The van der Waals surface area contributed by atoms with Crippen LogP contribution in [0, 0.1) is 0 Å². The van der Waals surface area contributed by atoms with Crippen LogP contribution in [0.1, 0.15) is 13.3 Å². The Morgan fingerprint density at radius 3 is 2.77 bits per heavy atom. The second-order valence-electron chi connectivity index (χ2n) is 8.46. The Kier molecular flexibility index (Phi) is 7.40. The van der Waals surface area contributed by atoms with E-state index in [4.69, 9.17) is 18.9 Å². The molecule has 0 saturated carbocycles. The number of benzene rings is 1. The Hall–Kier alpha value is -3.63. The van der Waals surface area contributed by atoms with Gasteiger partial charge in [-0.25, -0.2) is 9.97 Å². The average Bonchev–Trinajstić information content (AvgIpc) is 2.88. The fourth-order valence-corrected chi connectivity index (χ4v) is 3.84. The zero-order valence-electron chi connectivity index (χ0n) is 19.8. The highest BCUT2D eigenvalue weighted by Gasteiger charge is 2.19. The molecule has 1 aromatic carbocycles. The van der Waals surface area contributed by atoms with E-state index in [-0.39, 0.29) is 6.10 Å². The van der Waals surface area contributed by atoms with Gasteiger partial charge in [-0.1, -0.05) is 0 Å². The van der Waals surface area contributed by atoms with E-state index in [2.05, 4.69) is 30.5 Å². The third-order valence-corrected chi connectivity index (χ3v) is 5.63. The summed E-state index contributed by atoms with van der Waals surface area (Å²) >= 11 is 0. The topological polar surface area (TPSA) is 103 Å². The van der Waals surface area contributed by atoms with Gasteiger partial charge in [0.15, 0.2) is 5.75 Å². The predicted octanol–water partition coefficient (Wildman–Crippen LogP) is 3.62. The molecule has 5 rings (SSSR count). The first-order valence-electron chi connectivity index (χ1n) is 11.9. The Morgan fingerprint density at radius 2 is 1.91 bits per heavy atom. The van der Waals surface area contributed by atoms with Crippen molar-refractivity contribution in [3.63, 3.8) is 0 Å². The van der Waals surface area contributed by atoms with E-state index in [1.807, 2.05) is 37.3 Å². The molecule has 0 amide bonds. The minimum Gasteiger partial charge on any atom is -0.494 e. The van der Waals surface area contributed by atoms with Crippen LogP contribution in [-0.4, -0.2) is 72.0 Å². The highest BCUT2D eigenvalue weighted by atomic mass is 16.6. The van der Waals surface area contributed by atoms with Crippen molar-refractivity contribution in [1.82, 2.24) is 19.9 Å². The van der Waals surface area contributed by atoms with E-state index in [0.29, 0.717) is 36.6 Å². The van der Waals surface area contributed by atoms with Crippen LogP contribution in [0.15, 0.2) is 48.8 Å². The number of morpholine rings is 1. The molecule has 10 nitrogen and oxygen atoms in total. The molecule has 1 atom stereocenters. The number of aromatic nitrogens is 3. The van der Waals surface area contributed by atoms with Crippen molar-refractivity contribution in [3.8, 4) is 17.4 Å². The van der Waals surface area contributed by atoms with Gasteiger partial charge >= 0.3 is 0 Å². The third-order valence-electron chi connectivity index (χ3n) is 5.63. The number of pyridine rings is 1. The maximum Gasteiger partial charge on any atom is 0.257 e. The number of nitrogens with one attached hydrogen (secondary N) is 2. The molecular weight excluding hydrogens is 448 g/mol. The molecule has 0 radical (unpaired) electrons. The predicted molar refractivity (Wildman–Crippen MR) is 132 cm³/mol. The molecule has 0 spiro atoms. The zero-order valence-corrected chi connectivity index (χ0v) is 19.8. The van der Waals surface area contributed by atoms with Gasteiger partial charge in [0.05, 0.1) is 31.7 Å². The molecule has 10 heteroatoms. The molecule has 0 bridgehead atoms. The lowest BCUT2D eigenvalue weighted by atomic mass is 10.3. The largest absolute Gasteiger partial charge is 0.494 e. The standard InChI is InChI=1S/C25H30N6O4/c1-18-17-34-24-22(35-18)15-20(16-27-24)28-23-7-8-26-25(30-23)29-19-3-5-21(6-4-19)33-12-2-9-31-10-13-32-14-11-31/h3-8,15-16,18H,2,9-14,17H2,1H3,(H2,26,28,29,30)/t18-/m0/s1. The lowest BCUT2D eigenvalue weighted by Crippen LogP contribution is -2.37. The van der Waals surface area contributed by atoms with Gasteiger partial charge in [-0.3, -0.25) is 4.90 Å². The third kappa shape index (κ3) is 6.49. The lowest BCUT2D eigenvalue weighted by molar-refractivity contribution is 0.0358. The average molecular weight is 479 g/mol. The first-order chi connectivity index (χ1) is 17.2. The second kappa shape index (κ2) is 11.2. The van der Waals surface area contributed by atoms with Crippen molar-refractivity contribution in [2.24, 2.45) is 0 Å². The van der Waals surface area contributed by atoms with Crippen LogP contribution in [0.2, 0.25) is 0 Å². The molecule has 4 heterocycles. The van der Waals surface area contributed by atoms with Crippen molar-refractivity contribution in [2.45, 2.75) is 19.4 Å². The van der Waals surface area contributed by atoms with Crippen LogP contribution in [0.4, 0.5) is 23.1 Å². The van der Waals surface area contributed by atoms with Crippen LogP contribution < -0.4 is 24.8 Å². The minimum absolute atomic E-state index is 0.0127. The smallest absolute Gasteiger partial charge is 0.257 e. The van der Waals surface area contributed by atoms with Gasteiger partial charge in [-0.05, 0) is 43.7 Å². The highest BCUT2D eigenvalue weighted by Crippen LogP contribution is 2.32. The summed E-state index contributed by atoms with van der Waals surface area (Å²) in [5, 5.41) is 6.46. The Labute approximate surface area is 204 Å². The van der Waals surface area contributed by atoms with E-state index in [1.54, 1.807) is 18.5 Å². The number of ether oxygens (including phenoxy) is 4. The number of hydrogen-bond donors (Lipinski definition) is 2. The van der Waals surface area contributed by atoms with Crippen molar-refractivity contribution in [3.05, 3.63) is 48.8 Å². The molecule has 35 heavy (non-hydrogen) atoms. The molecule has 1 fully saturated rings. The summed E-state index contributed by atoms with van der Waals surface area (Å²) in [6.07, 6.45) is 4.36. The van der Waals surface area contributed by atoms with Gasteiger partial charge < -0.3 is 29.6 Å². The van der Waals surface area contributed by atoms with E-state index < -0.39 is 0 Å². The van der Waals surface area contributed by atoms with Gasteiger partial charge in [0, 0.05) is 37.6 Å². The lowest BCUT2D eigenvalue weighted by Gasteiger charge is -2.26. The monoisotopic (exact) mass is 478 g/mol. The molecular formula is C25H30N6O4. The van der Waals surface area contributed by atoms with Crippen LogP contribution in [0.3, 0.4) is 0 Å². The van der Waals surface area contributed by atoms with Crippen LogP contribution in [-0.2, 0) is 4.74 Å². The number of rotatable bonds is 9. The Bertz CT molecular complexity index is 1110. The first-order valence-corrected chi connectivity index (χ1v) is 11.9. The summed E-state index contributed by atoms with van der Waals surface area (Å²) in [7, 11) is 0. The van der Waals surface area contributed by atoms with E-state index in [1.165, 1.54) is 0 Å². The van der Waals surface area contributed by atoms with Gasteiger partial charge in [0.2, 0.25) is 5.95 Å². The molecule has 2 aliphatic rings. The van der Waals surface area contributed by atoms with Crippen LogP contribution in [0.5, 0.6) is 17.4 Å². The van der Waals surface area contributed by atoms with Gasteiger partial charge in [0.25, 0.3) is 5.88 Å². The number of nitrogens with zero attached hydrogens (tertiary/aromatic N) is 4. The zero-order chi connectivity index (χ0) is 23.9. The molecule has 2 N–H and O–H groups in total. The molecule has 0 unspecified atom stereocenters. The number of hydrogen-bond acceptors (Lipinski definition) is 10. The molecule has 2 aromatic heterocycles.